The summed E-state index contributed by atoms with van der Waals surface area (Å²) in [6.45, 7) is 5.93. The highest BCUT2D eigenvalue weighted by atomic mass is 16.5. The highest BCUT2D eigenvalue weighted by Crippen LogP contribution is 2.29. The normalized spacial score (nSPS) is 13.4. The third-order valence-corrected chi connectivity index (χ3v) is 3.05. The molecule has 0 saturated carbocycles. The maximum absolute atomic E-state index is 11.6. The van der Waals surface area contributed by atoms with Gasteiger partial charge in [0.05, 0.1) is 20.8 Å². The molecule has 0 heterocycles. The van der Waals surface area contributed by atoms with E-state index in [0.29, 0.717) is 6.61 Å². The third kappa shape index (κ3) is 4.13. The molecule has 0 saturated heterocycles. The van der Waals surface area contributed by atoms with Crippen molar-refractivity contribution in [1.29, 1.82) is 0 Å². The molecule has 0 amide bonds. The first-order valence-corrected chi connectivity index (χ1v) is 6.68. The Labute approximate surface area is 120 Å². The SMILES string of the molecule is CCOC(=O)C(C)NC(C)c1ccc(OC)cc1OC. The van der Waals surface area contributed by atoms with Crippen molar-refractivity contribution in [2.75, 3.05) is 20.8 Å². The lowest BCUT2D eigenvalue weighted by Crippen LogP contribution is -2.37. The van der Waals surface area contributed by atoms with E-state index in [-0.39, 0.29) is 18.1 Å². The molecule has 5 heteroatoms. The van der Waals surface area contributed by atoms with E-state index in [0.717, 1.165) is 17.1 Å². The number of esters is 1. The highest BCUT2D eigenvalue weighted by Gasteiger charge is 2.19. The van der Waals surface area contributed by atoms with Crippen LogP contribution in [0.2, 0.25) is 0 Å². The largest absolute Gasteiger partial charge is 0.497 e. The molecule has 1 N–H and O–H groups in total. The molecule has 0 aliphatic carbocycles. The first kappa shape index (κ1) is 16.3. The van der Waals surface area contributed by atoms with Crippen LogP contribution in [-0.2, 0) is 9.53 Å². The van der Waals surface area contributed by atoms with Crippen LogP contribution in [0.15, 0.2) is 18.2 Å². The van der Waals surface area contributed by atoms with Crippen LogP contribution in [0.25, 0.3) is 0 Å². The molecule has 0 aliphatic rings. The first-order valence-electron chi connectivity index (χ1n) is 6.68. The molecule has 20 heavy (non-hydrogen) atoms. The van der Waals surface area contributed by atoms with Crippen molar-refractivity contribution in [1.82, 2.24) is 5.32 Å². The minimum atomic E-state index is -0.378. The minimum absolute atomic E-state index is 0.0461. The van der Waals surface area contributed by atoms with Gasteiger partial charge in [0.1, 0.15) is 17.5 Å². The van der Waals surface area contributed by atoms with E-state index in [9.17, 15) is 4.79 Å². The highest BCUT2D eigenvalue weighted by molar-refractivity contribution is 5.75. The summed E-state index contributed by atoms with van der Waals surface area (Å²) in [4.78, 5) is 11.6. The predicted octanol–water partition coefficient (Wildman–Crippen LogP) is 2.31. The van der Waals surface area contributed by atoms with Gasteiger partial charge in [0.15, 0.2) is 0 Å². The standard InChI is InChI=1S/C15H23NO4/c1-6-20-15(17)11(3)16-10(2)13-8-7-12(18-4)9-14(13)19-5/h7-11,16H,6H2,1-5H3. The molecule has 0 radical (unpaired) electrons. The van der Waals surface area contributed by atoms with Crippen molar-refractivity contribution in [3.8, 4) is 11.5 Å². The van der Waals surface area contributed by atoms with Gasteiger partial charge in [-0.25, -0.2) is 0 Å². The van der Waals surface area contributed by atoms with Crippen LogP contribution in [0, 0.1) is 0 Å². The van der Waals surface area contributed by atoms with Crippen molar-refractivity contribution >= 4 is 5.97 Å². The van der Waals surface area contributed by atoms with Gasteiger partial charge in [-0.3, -0.25) is 10.1 Å². The average molecular weight is 281 g/mol. The van der Waals surface area contributed by atoms with Crippen molar-refractivity contribution in [3.05, 3.63) is 23.8 Å². The second-order valence-electron chi connectivity index (χ2n) is 4.47. The number of carbonyl (C=O) groups excluding carboxylic acids is 1. The summed E-state index contributed by atoms with van der Waals surface area (Å²) in [5.74, 6) is 1.20. The van der Waals surface area contributed by atoms with Crippen LogP contribution >= 0.6 is 0 Å². The van der Waals surface area contributed by atoms with Gasteiger partial charge in [-0.15, -0.1) is 0 Å². The van der Waals surface area contributed by atoms with Gasteiger partial charge in [-0.1, -0.05) is 6.07 Å². The summed E-state index contributed by atoms with van der Waals surface area (Å²) in [6.07, 6.45) is 0. The van der Waals surface area contributed by atoms with Crippen molar-refractivity contribution in [2.45, 2.75) is 32.9 Å². The minimum Gasteiger partial charge on any atom is -0.497 e. The van der Waals surface area contributed by atoms with Crippen molar-refractivity contribution in [2.24, 2.45) is 0 Å². The Bertz CT molecular complexity index is 447. The van der Waals surface area contributed by atoms with Crippen molar-refractivity contribution < 1.29 is 19.0 Å². The lowest BCUT2D eigenvalue weighted by molar-refractivity contribution is -0.145. The van der Waals surface area contributed by atoms with Crippen LogP contribution in [0.1, 0.15) is 32.4 Å². The maximum Gasteiger partial charge on any atom is 0.322 e. The van der Waals surface area contributed by atoms with Gasteiger partial charge in [-0.05, 0) is 26.8 Å². The Morgan fingerprint density at radius 1 is 1.25 bits per heavy atom. The summed E-state index contributed by atoms with van der Waals surface area (Å²) >= 11 is 0. The Balaban J connectivity index is 2.81. The Morgan fingerprint density at radius 2 is 1.95 bits per heavy atom. The molecule has 0 fully saturated rings. The molecule has 0 aromatic heterocycles. The number of hydrogen-bond donors (Lipinski definition) is 1. The number of hydrogen-bond acceptors (Lipinski definition) is 5. The summed E-state index contributed by atoms with van der Waals surface area (Å²) < 4.78 is 15.5. The van der Waals surface area contributed by atoms with Gasteiger partial charge in [-0.2, -0.15) is 0 Å². The molecule has 0 spiro atoms. The first-order chi connectivity index (χ1) is 9.53. The molecule has 1 rings (SSSR count). The summed E-state index contributed by atoms with van der Waals surface area (Å²) in [5, 5.41) is 3.20. The summed E-state index contributed by atoms with van der Waals surface area (Å²) in [7, 11) is 3.22. The molecular formula is C15H23NO4. The monoisotopic (exact) mass is 281 g/mol. The molecule has 1 aromatic rings. The fourth-order valence-electron chi connectivity index (χ4n) is 1.98. The van der Waals surface area contributed by atoms with E-state index in [1.54, 1.807) is 28.1 Å². The summed E-state index contributed by atoms with van der Waals surface area (Å²) in [6, 6.07) is 5.19. The molecule has 2 unspecified atom stereocenters. The second kappa shape index (κ2) is 7.75. The maximum atomic E-state index is 11.6. The van der Waals surface area contributed by atoms with Gasteiger partial charge in [0.25, 0.3) is 0 Å². The van der Waals surface area contributed by atoms with Gasteiger partial charge < -0.3 is 14.2 Å². The fraction of sp³-hybridized carbons (Fsp3) is 0.533. The van der Waals surface area contributed by atoms with Gasteiger partial charge >= 0.3 is 5.97 Å². The second-order valence-corrected chi connectivity index (χ2v) is 4.47. The Morgan fingerprint density at radius 3 is 2.50 bits per heavy atom. The number of carbonyl (C=O) groups is 1. The molecular weight excluding hydrogens is 258 g/mol. The number of nitrogens with one attached hydrogen (secondary N) is 1. The zero-order valence-corrected chi connectivity index (χ0v) is 12.7. The van der Waals surface area contributed by atoms with E-state index in [1.165, 1.54) is 0 Å². The van der Waals surface area contributed by atoms with Gasteiger partial charge in [0, 0.05) is 17.7 Å². The number of ether oxygens (including phenoxy) is 3. The van der Waals surface area contributed by atoms with Crippen LogP contribution in [0.5, 0.6) is 11.5 Å². The zero-order chi connectivity index (χ0) is 15.1. The number of methoxy groups -OCH3 is 2. The lowest BCUT2D eigenvalue weighted by Gasteiger charge is -2.21. The van der Waals surface area contributed by atoms with E-state index < -0.39 is 0 Å². The smallest absolute Gasteiger partial charge is 0.322 e. The van der Waals surface area contributed by atoms with E-state index >= 15 is 0 Å². The van der Waals surface area contributed by atoms with Crippen LogP contribution in [0.4, 0.5) is 0 Å². The average Bonchev–Trinajstić information content (AvgIpc) is 2.46. The molecule has 0 bridgehead atoms. The van der Waals surface area contributed by atoms with Crippen LogP contribution in [-0.4, -0.2) is 32.8 Å². The lowest BCUT2D eigenvalue weighted by atomic mass is 10.1. The number of rotatable bonds is 7. The third-order valence-electron chi connectivity index (χ3n) is 3.05. The van der Waals surface area contributed by atoms with Gasteiger partial charge in [0.2, 0.25) is 0 Å². The van der Waals surface area contributed by atoms with E-state index in [1.807, 2.05) is 25.1 Å². The Hall–Kier alpha value is -1.75. The quantitative estimate of drug-likeness (QED) is 0.777. The number of benzene rings is 1. The molecule has 5 nitrogen and oxygen atoms in total. The van der Waals surface area contributed by atoms with E-state index in [4.69, 9.17) is 14.2 Å². The predicted molar refractivity (Wildman–Crippen MR) is 77.2 cm³/mol. The summed E-state index contributed by atoms with van der Waals surface area (Å²) in [5.41, 5.74) is 0.962. The molecule has 0 aliphatic heterocycles. The van der Waals surface area contributed by atoms with Crippen LogP contribution in [0.3, 0.4) is 0 Å². The molecule has 2 atom stereocenters. The molecule has 112 valence electrons. The Kier molecular flexibility index (Phi) is 6.31. The van der Waals surface area contributed by atoms with Crippen molar-refractivity contribution in [3.63, 3.8) is 0 Å². The fourth-order valence-corrected chi connectivity index (χ4v) is 1.98. The topological polar surface area (TPSA) is 56.8 Å². The van der Waals surface area contributed by atoms with E-state index in [2.05, 4.69) is 5.32 Å². The zero-order valence-electron chi connectivity index (χ0n) is 12.7. The molecule has 1 aromatic carbocycles. The van der Waals surface area contributed by atoms with Crippen LogP contribution < -0.4 is 14.8 Å².